The Labute approximate surface area is 248 Å². The summed E-state index contributed by atoms with van der Waals surface area (Å²) in [6.07, 6.45) is 8.17. The van der Waals surface area contributed by atoms with Gasteiger partial charge in [-0.1, -0.05) is 38.2 Å². The largest absolute Gasteiger partial charge is 0.497 e. The number of pyridine rings is 2. The number of halogens is 1. The van der Waals surface area contributed by atoms with Gasteiger partial charge in [-0.15, -0.1) is 0 Å². The van der Waals surface area contributed by atoms with Crippen molar-refractivity contribution < 1.29 is 18.8 Å². The third-order valence-electron chi connectivity index (χ3n) is 7.59. The molecule has 1 N–H and O–H groups in total. The lowest BCUT2D eigenvalue weighted by Crippen LogP contribution is -2.36. The van der Waals surface area contributed by atoms with Crippen LogP contribution in [-0.4, -0.2) is 43.3 Å². The van der Waals surface area contributed by atoms with E-state index in [4.69, 9.17) is 30.8 Å². The summed E-state index contributed by atoms with van der Waals surface area (Å²) in [5.74, 6) is 2.25. The zero-order valence-corrected chi connectivity index (χ0v) is 26.6. The summed E-state index contributed by atoms with van der Waals surface area (Å²) in [5, 5.41) is 0.544. The van der Waals surface area contributed by atoms with Crippen molar-refractivity contribution >= 4 is 19.7 Å². The molecule has 1 aliphatic carbocycles. The molecule has 0 saturated heterocycles. The van der Waals surface area contributed by atoms with Crippen LogP contribution in [0.1, 0.15) is 25.3 Å². The predicted molar refractivity (Wildman–Crippen MR) is 166 cm³/mol. The average Bonchev–Trinajstić information content (AvgIpc) is 3.53. The van der Waals surface area contributed by atoms with Gasteiger partial charge in [-0.05, 0) is 61.7 Å². The molecule has 1 fully saturated rings. The molecule has 7 nitrogen and oxygen atoms in total. The summed E-state index contributed by atoms with van der Waals surface area (Å²) in [6, 6.07) is 13.0. The van der Waals surface area contributed by atoms with Crippen molar-refractivity contribution in [2.45, 2.75) is 59.1 Å². The minimum atomic E-state index is -1.20. The Hall–Kier alpha value is -3.20. The molecule has 0 aliphatic heterocycles. The molecule has 0 spiro atoms. The van der Waals surface area contributed by atoms with Crippen molar-refractivity contribution in [3.63, 3.8) is 0 Å². The normalized spacial score (nSPS) is 14.2. The molecule has 1 aliphatic rings. The molecular weight excluding hydrogens is 552 g/mol. The Morgan fingerprint density at radius 3 is 2.44 bits per heavy atom. The van der Waals surface area contributed by atoms with Gasteiger partial charge in [0.1, 0.15) is 11.9 Å². The standard InChI is InChI=1S/C32H39ClN4O3Si/c1-22-15-29(40-20-32(2)11-12-32)34-18-26(22)24-16-27(33)30(35-17-24)31-36-28(23-7-9-25(38-3)10-8-23)19-37(31)21-39-13-14-41(4,5)6/h7-10,15-19H,11-14,20-21H2,1-6H3/p+1. The fourth-order valence-corrected chi connectivity index (χ4v) is 5.50. The van der Waals surface area contributed by atoms with Crippen LogP contribution >= 0.6 is 11.6 Å². The summed E-state index contributed by atoms with van der Waals surface area (Å²) in [7, 11) is 0.470. The second kappa shape index (κ2) is 12.0. The summed E-state index contributed by atoms with van der Waals surface area (Å²) in [5.41, 5.74) is 5.88. The second-order valence-corrected chi connectivity index (χ2v) is 18.6. The number of methoxy groups -OCH3 is 1. The molecule has 216 valence electrons. The number of nitrogens with one attached hydrogen (secondary N) is 1. The molecule has 0 amide bonds. The highest BCUT2D eigenvalue weighted by Gasteiger charge is 2.38. The maximum absolute atomic E-state index is 6.90. The third-order valence-corrected chi connectivity index (χ3v) is 9.58. The Kier molecular flexibility index (Phi) is 8.54. The first-order valence-corrected chi connectivity index (χ1v) is 18.2. The van der Waals surface area contributed by atoms with Gasteiger partial charge in [0.25, 0.3) is 0 Å². The van der Waals surface area contributed by atoms with Gasteiger partial charge in [0, 0.05) is 55.2 Å². The molecule has 0 atom stereocenters. The lowest BCUT2D eigenvalue weighted by Gasteiger charge is -2.14. The van der Waals surface area contributed by atoms with E-state index >= 15 is 0 Å². The fourth-order valence-electron chi connectivity index (χ4n) is 4.48. The smallest absolute Gasteiger partial charge is 0.309 e. The first-order valence-electron chi connectivity index (χ1n) is 14.1. The van der Waals surface area contributed by atoms with Crippen molar-refractivity contribution in [2.24, 2.45) is 5.41 Å². The zero-order chi connectivity index (χ0) is 29.2. The van der Waals surface area contributed by atoms with E-state index in [2.05, 4.69) is 43.5 Å². The first kappa shape index (κ1) is 29.3. The SMILES string of the molecule is COc1ccc(-c2c[n+](COCC[Si](C)(C)C)c(-c3ncc(-c4cnc(OCC5(C)CC5)cc4C)cc3Cl)[nH]2)cc1. The molecule has 0 bridgehead atoms. The lowest BCUT2D eigenvalue weighted by molar-refractivity contribution is -0.721. The van der Waals surface area contributed by atoms with Crippen LogP contribution in [0.25, 0.3) is 33.9 Å². The average molecular weight is 592 g/mol. The summed E-state index contributed by atoms with van der Waals surface area (Å²) in [4.78, 5) is 12.9. The van der Waals surface area contributed by atoms with E-state index in [9.17, 15) is 0 Å². The monoisotopic (exact) mass is 591 g/mol. The number of benzene rings is 1. The van der Waals surface area contributed by atoms with Gasteiger partial charge in [-0.25, -0.2) is 19.5 Å². The van der Waals surface area contributed by atoms with E-state index in [0.29, 0.717) is 35.3 Å². The predicted octanol–water partition coefficient (Wildman–Crippen LogP) is 7.55. The molecule has 0 radical (unpaired) electrons. The fraction of sp³-hybridized carbons (Fsp3) is 0.406. The van der Waals surface area contributed by atoms with Gasteiger partial charge in [0.2, 0.25) is 5.88 Å². The zero-order valence-electron chi connectivity index (χ0n) is 24.9. The van der Waals surface area contributed by atoms with E-state index in [-0.39, 0.29) is 0 Å². The maximum atomic E-state index is 6.90. The molecule has 3 heterocycles. The van der Waals surface area contributed by atoms with Gasteiger partial charge in [0.05, 0.1) is 18.7 Å². The van der Waals surface area contributed by atoms with Crippen LogP contribution in [0.15, 0.2) is 55.0 Å². The number of ether oxygens (including phenoxy) is 3. The summed E-state index contributed by atoms with van der Waals surface area (Å²) >= 11 is 6.90. The highest BCUT2D eigenvalue weighted by atomic mass is 35.5. The molecule has 5 rings (SSSR count). The number of aromatic amines is 1. The molecule has 0 unspecified atom stereocenters. The molecule has 9 heteroatoms. The Morgan fingerprint density at radius 2 is 1.80 bits per heavy atom. The number of nitrogens with zero attached hydrogens (tertiary/aromatic N) is 3. The molecule has 41 heavy (non-hydrogen) atoms. The lowest BCUT2D eigenvalue weighted by atomic mass is 10.0. The van der Waals surface area contributed by atoms with Crippen molar-refractivity contribution in [3.8, 4) is 45.5 Å². The minimum absolute atomic E-state index is 0.308. The number of hydrogen-bond donors (Lipinski definition) is 1. The van der Waals surface area contributed by atoms with E-state index < -0.39 is 8.07 Å². The minimum Gasteiger partial charge on any atom is -0.497 e. The van der Waals surface area contributed by atoms with Crippen LogP contribution in [0, 0.1) is 12.3 Å². The Balaban J connectivity index is 1.41. The van der Waals surface area contributed by atoms with E-state index in [1.54, 1.807) is 7.11 Å². The molecule has 1 saturated carbocycles. The van der Waals surface area contributed by atoms with Crippen LogP contribution in [0.4, 0.5) is 0 Å². The van der Waals surface area contributed by atoms with Crippen molar-refractivity contribution in [3.05, 3.63) is 65.6 Å². The number of aromatic nitrogens is 4. The maximum Gasteiger partial charge on any atom is 0.309 e. The summed E-state index contributed by atoms with van der Waals surface area (Å²) in [6.45, 7) is 13.2. The van der Waals surface area contributed by atoms with Crippen LogP contribution in [0.3, 0.4) is 0 Å². The summed E-state index contributed by atoms with van der Waals surface area (Å²) < 4.78 is 19.4. The first-order chi connectivity index (χ1) is 19.5. The van der Waals surface area contributed by atoms with E-state index in [1.807, 2.05) is 59.6 Å². The molecule has 4 aromatic rings. The van der Waals surface area contributed by atoms with Crippen molar-refractivity contribution in [1.29, 1.82) is 0 Å². The second-order valence-electron chi connectivity index (χ2n) is 12.6. The van der Waals surface area contributed by atoms with E-state index in [1.165, 1.54) is 12.8 Å². The topological polar surface area (TPSA) is 73.1 Å². The molecular formula is C32H40ClN4O3Si+. The number of imidazole rings is 1. The molecule has 3 aromatic heterocycles. The van der Waals surface area contributed by atoms with Crippen molar-refractivity contribution in [1.82, 2.24) is 15.0 Å². The number of aryl methyl sites for hydroxylation is 1. The van der Waals surface area contributed by atoms with Gasteiger partial charge in [-0.2, -0.15) is 0 Å². The highest BCUT2D eigenvalue weighted by molar-refractivity contribution is 6.76. The number of H-pyrrole nitrogens is 1. The van der Waals surface area contributed by atoms with Gasteiger partial charge >= 0.3 is 5.82 Å². The van der Waals surface area contributed by atoms with Gasteiger partial charge in [0.15, 0.2) is 18.1 Å². The Morgan fingerprint density at radius 1 is 1.05 bits per heavy atom. The van der Waals surface area contributed by atoms with Crippen molar-refractivity contribution in [2.75, 3.05) is 20.3 Å². The van der Waals surface area contributed by atoms with Crippen LogP contribution in [0.2, 0.25) is 30.7 Å². The van der Waals surface area contributed by atoms with Gasteiger partial charge < -0.3 is 14.2 Å². The number of rotatable bonds is 12. The third kappa shape index (κ3) is 7.36. The number of hydrogen-bond acceptors (Lipinski definition) is 5. The van der Waals surface area contributed by atoms with Gasteiger partial charge in [-0.3, -0.25) is 0 Å². The van der Waals surface area contributed by atoms with Crippen LogP contribution < -0.4 is 14.0 Å². The Bertz CT molecular complexity index is 1510. The van der Waals surface area contributed by atoms with E-state index in [0.717, 1.165) is 52.2 Å². The highest BCUT2D eigenvalue weighted by Crippen LogP contribution is 2.45. The van der Waals surface area contributed by atoms with Crippen LogP contribution in [-0.2, 0) is 11.5 Å². The quantitative estimate of drug-likeness (QED) is 0.105. The molecule has 1 aromatic carbocycles. The van der Waals surface area contributed by atoms with Crippen LogP contribution in [0.5, 0.6) is 11.6 Å².